The van der Waals surface area contributed by atoms with E-state index in [0.29, 0.717) is 11.6 Å². The zero-order chi connectivity index (χ0) is 20.8. The Labute approximate surface area is 172 Å². The maximum atomic E-state index is 12.7. The third-order valence-corrected chi connectivity index (χ3v) is 4.86. The molecule has 0 saturated carbocycles. The highest BCUT2D eigenvalue weighted by Crippen LogP contribution is 2.21. The molecular formula is C23H27N5O. The second-order valence-electron chi connectivity index (χ2n) is 6.83. The predicted octanol–water partition coefficient (Wildman–Crippen LogP) is 4.94. The summed E-state index contributed by atoms with van der Waals surface area (Å²) in [5.41, 5.74) is 5.19. The van der Waals surface area contributed by atoms with Crippen molar-refractivity contribution in [3.63, 3.8) is 0 Å². The Morgan fingerprint density at radius 2 is 1.62 bits per heavy atom. The second kappa shape index (κ2) is 9.19. The fraction of sp³-hybridized carbons (Fsp3) is 0.261. The maximum absolute atomic E-state index is 12.7. The fourth-order valence-corrected chi connectivity index (χ4v) is 3.21. The molecule has 29 heavy (non-hydrogen) atoms. The van der Waals surface area contributed by atoms with Crippen LogP contribution >= 0.6 is 0 Å². The molecule has 0 aliphatic rings. The summed E-state index contributed by atoms with van der Waals surface area (Å²) in [6, 6.07) is 15.6. The van der Waals surface area contributed by atoms with Gasteiger partial charge in [-0.05, 0) is 69.2 Å². The van der Waals surface area contributed by atoms with E-state index in [0.717, 1.165) is 35.6 Å². The Bertz CT molecular complexity index is 961. The molecule has 1 aromatic heterocycles. The van der Waals surface area contributed by atoms with Crippen LogP contribution < -0.4 is 15.5 Å². The Hall–Kier alpha value is -3.41. The molecular weight excluding hydrogens is 362 g/mol. The molecule has 3 rings (SSSR count). The zero-order valence-corrected chi connectivity index (χ0v) is 17.4. The van der Waals surface area contributed by atoms with Crippen molar-refractivity contribution in [2.45, 2.75) is 27.7 Å². The number of carbonyl (C=O) groups excluding carboxylic acids is 1. The molecule has 1 amide bonds. The van der Waals surface area contributed by atoms with E-state index in [2.05, 4.69) is 51.5 Å². The van der Waals surface area contributed by atoms with Crippen LogP contribution in [0.3, 0.4) is 0 Å². The van der Waals surface area contributed by atoms with E-state index >= 15 is 0 Å². The van der Waals surface area contributed by atoms with Gasteiger partial charge < -0.3 is 15.5 Å². The van der Waals surface area contributed by atoms with Gasteiger partial charge in [-0.1, -0.05) is 18.2 Å². The minimum atomic E-state index is -0.260. The number of amides is 1. The highest BCUT2D eigenvalue weighted by Gasteiger charge is 2.12. The van der Waals surface area contributed by atoms with Gasteiger partial charge in [-0.3, -0.25) is 4.79 Å². The van der Waals surface area contributed by atoms with Crippen LogP contribution in [0.5, 0.6) is 0 Å². The van der Waals surface area contributed by atoms with Gasteiger partial charge in [-0.25, -0.2) is 9.97 Å². The number of nitrogens with one attached hydrogen (secondary N) is 2. The van der Waals surface area contributed by atoms with Crippen LogP contribution in [0.25, 0.3) is 0 Å². The molecule has 3 aromatic rings. The average molecular weight is 390 g/mol. The number of aromatic nitrogens is 2. The standard InChI is InChI=1S/C23H27N5O/c1-5-28(6-2)19-12-10-18(11-13-19)25-23-24-15-14-20(26-23)22(29)27-21-16(3)8-7-9-17(21)4/h7-15H,5-6H2,1-4H3,(H,27,29)(H,24,25,26). The van der Waals surface area contributed by atoms with E-state index in [1.165, 1.54) is 5.69 Å². The van der Waals surface area contributed by atoms with E-state index in [4.69, 9.17) is 0 Å². The minimum absolute atomic E-state index is 0.260. The lowest BCUT2D eigenvalue weighted by Crippen LogP contribution is -2.21. The molecule has 0 atom stereocenters. The number of carbonyl (C=O) groups is 1. The molecule has 0 radical (unpaired) electrons. The van der Waals surface area contributed by atoms with Crippen LogP contribution in [-0.2, 0) is 0 Å². The van der Waals surface area contributed by atoms with Crippen molar-refractivity contribution in [3.8, 4) is 0 Å². The molecule has 1 heterocycles. The topological polar surface area (TPSA) is 70.2 Å². The Kier molecular flexibility index (Phi) is 6.44. The third-order valence-electron chi connectivity index (χ3n) is 4.86. The van der Waals surface area contributed by atoms with Crippen LogP contribution in [0, 0.1) is 13.8 Å². The van der Waals surface area contributed by atoms with Gasteiger partial charge in [-0.2, -0.15) is 0 Å². The van der Waals surface area contributed by atoms with E-state index in [-0.39, 0.29) is 5.91 Å². The maximum Gasteiger partial charge on any atom is 0.274 e. The summed E-state index contributed by atoms with van der Waals surface area (Å²) >= 11 is 0. The van der Waals surface area contributed by atoms with Gasteiger partial charge in [0, 0.05) is 36.3 Å². The number of benzene rings is 2. The number of hydrogen-bond donors (Lipinski definition) is 2. The van der Waals surface area contributed by atoms with E-state index in [9.17, 15) is 4.79 Å². The van der Waals surface area contributed by atoms with Crippen molar-refractivity contribution in [2.24, 2.45) is 0 Å². The zero-order valence-electron chi connectivity index (χ0n) is 17.4. The molecule has 2 N–H and O–H groups in total. The second-order valence-corrected chi connectivity index (χ2v) is 6.83. The number of anilines is 4. The smallest absolute Gasteiger partial charge is 0.274 e. The molecule has 0 saturated heterocycles. The molecule has 6 nitrogen and oxygen atoms in total. The summed E-state index contributed by atoms with van der Waals surface area (Å²) in [4.78, 5) is 23.6. The van der Waals surface area contributed by atoms with Crippen LogP contribution in [0.2, 0.25) is 0 Å². The lowest BCUT2D eigenvalue weighted by atomic mass is 10.1. The quantitative estimate of drug-likeness (QED) is 0.599. The summed E-state index contributed by atoms with van der Waals surface area (Å²) in [7, 11) is 0. The van der Waals surface area contributed by atoms with Crippen molar-refractivity contribution < 1.29 is 4.79 Å². The molecule has 0 unspecified atom stereocenters. The minimum Gasteiger partial charge on any atom is -0.372 e. The molecule has 0 fully saturated rings. The Morgan fingerprint density at radius 3 is 2.24 bits per heavy atom. The molecule has 0 spiro atoms. The number of nitrogens with zero attached hydrogens (tertiary/aromatic N) is 3. The third kappa shape index (κ3) is 4.90. The highest BCUT2D eigenvalue weighted by atomic mass is 16.1. The van der Waals surface area contributed by atoms with E-state index < -0.39 is 0 Å². The predicted molar refractivity (Wildman–Crippen MR) is 119 cm³/mol. The number of aryl methyl sites for hydroxylation is 2. The summed E-state index contributed by atoms with van der Waals surface area (Å²) in [6.07, 6.45) is 1.58. The molecule has 0 aliphatic carbocycles. The number of hydrogen-bond acceptors (Lipinski definition) is 5. The highest BCUT2D eigenvalue weighted by molar-refractivity contribution is 6.03. The van der Waals surface area contributed by atoms with Crippen LogP contribution in [0.4, 0.5) is 23.0 Å². The number of para-hydroxylation sites is 1. The van der Waals surface area contributed by atoms with E-state index in [1.807, 2.05) is 44.2 Å². The first-order valence-electron chi connectivity index (χ1n) is 9.84. The van der Waals surface area contributed by atoms with Crippen molar-refractivity contribution >= 4 is 28.9 Å². The monoisotopic (exact) mass is 389 g/mol. The van der Waals surface area contributed by atoms with Crippen LogP contribution in [0.15, 0.2) is 54.7 Å². The van der Waals surface area contributed by atoms with Gasteiger partial charge in [0.2, 0.25) is 5.95 Å². The van der Waals surface area contributed by atoms with Gasteiger partial charge in [-0.15, -0.1) is 0 Å². The lowest BCUT2D eigenvalue weighted by Gasteiger charge is -2.21. The first-order chi connectivity index (χ1) is 14.0. The average Bonchev–Trinajstić information content (AvgIpc) is 2.73. The van der Waals surface area contributed by atoms with E-state index in [1.54, 1.807) is 12.3 Å². The van der Waals surface area contributed by atoms with Crippen LogP contribution in [-0.4, -0.2) is 29.0 Å². The molecule has 0 aliphatic heterocycles. The Morgan fingerprint density at radius 1 is 0.966 bits per heavy atom. The largest absolute Gasteiger partial charge is 0.372 e. The SMILES string of the molecule is CCN(CC)c1ccc(Nc2nccc(C(=O)Nc3c(C)cccc3C)n2)cc1. The van der Waals surface area contributed by atoms with Gasteiger partial charge in [0.05, 0.1) is 0 Å². The van der Waals surface area contributed by atoms with Gasteiger partial charge in [0.1, 0.15) is 5.69 Å². The van der Waals surface area contributed by atoms with Crippen molar-refractivity contribution in [1.29, 1.82) is 0 Å². The van der Waals surface area contributed by atoms with Crippen molar-refractivity contribution in [3.05, 3.63) is 71.5 Å². The fourth-order valence-electron chi connectivity index (χ4n) is 3.21. The molecule has 6 heteroatoms. The molecule has 0 bridgehead atoms. The molecule has 2 aromatic carbocycles. The van der Waals surface area contributed by atoms with Crippen molar-refractivity contribution in [2.75, 3.05) is 28.6 Å². The first kappa shape index (κ1) is 20.3. The summed E-state index contributed by atoms with van der Waals surface area (Å²) in [6.45, 7) is 10.1. The summed E-state index contributed by atoms with van der Waals surface area (Å²) in [5, 5.41) is 6.12. The van der Waals surface area contributed by atoms with Gasteiger partial charge >= 0.3 is 0 Å². The van der Waals surface area contributed by atoms with Gasteiger partial charge in [0.25, 0.3) is 5.91 Å². The van der Waals surface area contributed by atoms with Crippen LogP contribution in [0.1, 0.15) is 35.5 Å². The lowest BCUT2D eigenvalue weighted by molar-refractivity contribution is 0.102. The summed E-state index contributed by atoms with van der Waals surface area (Å²) in [5.74, 6) is 0.125. The van der Waals surface area contributed by atoms with Crippen molar-refractivity contribution in [1.82, 2.24) is 9.97 Å². The Balaban J connectivity index is 1.73. The normalized spacial score (nSPS) is 10.5. The number of rotatable bonds is 7. The van der Waals surface area contributed by atoms with Gasteiger partial charge in [0.15, 0.2) is 0 Å². The summed E-state index contributed by atoms with van der Waals surface area (Å²) < 4.78 is 0. The molecule has 150 valence electrons. The first-order valence-corrected chi connectivity index (χ1v) is 9.84.